The lowest BCUT2D eigenvalue weighted by atomic mass is 9.97. The third kappa shape index (κ3) is 3.75. The molecule has 5 heteroatoms. The molecule has 2 atom stereocenters. The first-order chi connectivity index (χ1) is 11.1. The second-order valence-electron chi connectivity index (χ2n) is 5.61. The van der Waals surface area contributed by atoms with Crippen LogP contribution in [0, 0.1) is 5.82 Å². The lowest BCUT2D eigenvalue weighted by molar-refractivity contribution is 0.0241. The Balaban J connectivity index is 1.57. The summed E-state index contributed by atoms with van der Waals surface area (Å²) in [6, 6.07) is 13.7. The highest BCUT2D eigenvalue weighted by molar-refractivity contribution is 5.99. The largest absolute Gasteiger partial charge is 0.486 e. The van der Waals surface area contributed by atoms with Crippen LogP contribution in [-0.4, -0.2) is 29.6 Å². The summed E-state index contributed by atoms with van der Waals surface area (Å²) in [5, 5.41) is 13.4. The van der Waals surface area contributed by atoms with Crippen LogP contribution in [0.3, 0.4) is 0 Å². The molecule has 0 fully saturated rings. The Labute approximate surface area is 133 Å². The molecule has 1 aliphatic rings. The van der Waals surface area contributed by atoms with Crippen LogP contribution < -0.4 is 10.1 Å². The summed E-state index contributed by atoms with van der Waals surface area (Å²) < 4.78 is 18.8. The van der Waals surface area contributed by atoms with Crippen molar-refractivity contribution in [2.45, 2.75) is 25.2 Å². The van der Waals surface area contributed by atoms with E-state index in [9.17, 15) is 14.3 Å². The molecule has 2 aromatic carbocycles. The summed E-state index contributed by atoms with van der Waals surface area (Å²) in [6.07, 6.45) is -1.39. The van der Waals surface area contributed by atoms with E-state index in [2.05, 4.69) is 5.32 Å². The molecule has 0 bridgehead atoms. The zero-order valence-corrected chi connectivity index (χ0v) is 12.5. The molecule has 3 rings (SSSR count). The Morgan fingerprint density at radius 3 is 2.83 bits per heavy atom. The highest BCUT2D eigenvalue weighted by Crippen LogP contribution is 2.29. The molecule has 2 unspecified atom stereocenters. The molecular formula is C18H18FNO3. The normalized spacial score (nSPS) is 18.2. The van der Waals surface area contributed by atoms with E-state index in [1.165, 1.54) is 18.2 Å². The minimum absolute atomic E-state index is 0.0463. The summed E-state index contributed by atoms with van der Waals surface area (Å²) in [6.45, 7) is 0.934. The Bertz CT molecular complexity index is 690. The van der Waals surface area contributed by atoms with E-state index in [1.807, 2.05) is 30.3 Å². The standard InChI is InChI=1S/C18H18FNO3/c19-13-6-7-17-14(8-13)15(21)9-18(23-17)16(22)11-20-10-12-4-2-1-3-5-12/h1-8,16,18,20,22H,9-11H2. The van der Waals surface area contributed by atoms with Crippen molar-refractivity contribution in [2.75, 3.05) is 6.54 Å². The van der Waals surface area contributed by atoms with Crippen LogP contribution in [0.15, 0.2) is 48.5 Å². The van der Waals surface area contributed by atoms with Gasteiger partial charge in [0.05, 0.1) is 12.0 Å². The van der Waals surface area contributed by atoms with Gasteiger partial charge >= 0.3 is 0 Å². The van der Waals surface area contributed by atoms with E-state index in [1.54, 1.807) is 0 Å². The molecule has 1 heterocycles. The van der Waals surface area contributed by atoms with Crippen molar-refractivity contribution in [3.8, 4) is 5.75 Å². The van der Waals surface area contributed by atoms with E-state index in [0.717, 1.165) is 5.56 Å². The van der Waals surface area contributed by atoms with Gasteiger partial charge in [0.25, 0.3) is 0 Å². The third-order valence-corrected chi connectivity index (χ3v) is 3.86. The summed E-state index contributed by atoms with van der Waals surface area (Å²) in [4.78, 5) is 12.1. The van der Waals surface area contributed by atoms with Gasteiger partial charge in [0.15, 0.2) is 5.78 Å². The number of fused-ring (bicyclic) bond motifs is 1. The number of carbonyl (C=O) groups excluding carboxylic acids is 1. The van der Waals surface area contributed by atoms with Crippen LogP contribution in [0.4, 0.5) is 4.39 Å². The molecular weight excluding hydrogens is 297 g/mol. The van der Waals surface area contributed by atoms with Gasteiger partial charge in [-0.05, 0) is 23.8 Å². The van der Waals surface area contributed by atoms with Gasteiger partial charge in [0.2, 0.25) is 0 Å². The fraction of sp³-hybridized carbons (Fsp3) is 0.278. The van der Waals surface area contributed by atoms with Crippen molar-refractivity contribution in [1.29, 1.82) is 0 Å². The second kappa shape index (κ2) is 6.89. The number of ether oxygens (including phenoxy) is 1. The van der Waals surface area contributed by atoms with E-state index >= 15 is 0 Å². The maximum atomic E-state index is 13.2. The number of nitrogens with one attached hydrogen (secondary N) is 1. The molecule has 0 amide bonds. The molecule has 2 aromatic rings. The van der Waals surface area contributed by atoms with Crippen LogP contribution >= 0.6 is 0 Å². The molecule has 0 aromatic heterocycles. The monoisotopic (exact) mass is 315 g/mol. The lowest BCUT2D eigenvalue weighted by Gasteiger charge is -2.29. The first-order valence-electron chi connectivity index (χ1n) is 7.55. The van der Waals surface area contributed by atoms with Crippen molar-refractivity contribution < 1.29 is 19.0 Å². The second-order valence-corrected chi connectivity index (χ2v) is 5.61. The van der Waals surface area contributed by atoms with Gasteiger partial charge in [-0.15, -0.1) is 0 Å². The predicted octanol–water partition coefficient (Wildman–Crippen LogP) is 2.31. The van der Waals surface area contributed by atoms with E-state index in [0.29, 0.717) is 18.8 Å². The van der Waals surface area contributed by atoms with Crippen molar-refractivity contribution in [1.82, 2.24) is 5.32 Å². The van der Waals surface area contributed by atoms with E-state index in [-0.39, 0.29) is 17.8 Å². The van der Waals surface area contributed by atoms with Gasteiger partial charge in [-0.3, -0.25) is 4.79 Å². The van der Waals surface area contributed by atoms with Crippen LogP contribution in [0.2, 0.25) is 0 Å². The van der Waals surface area contributed by atoms with Gasteiger partial charge in [-0.25, -0.2) is 4.39 Å². The number of ketones is 1. The summed E-state index contributed by atoms with van der Waals surface area (Å²) in [5.74, 6) is -0.350. The summed E-state index contributed by atoms with van der Waals surface area (Å²) in [5.41, 5.74) is 1.35. The van der Waals surface area contributed by atoms with Gasteiger partial charge in [-0.2, -0.15) is 0 Å². The average Bonchev–Trinajstić information content (AvgIpc) is 2.56. The topological polar surface area (TPSA) is 58.6 Å². The molecule has 2 N–H and O–H groups in total. The van der Waals surface area contributed by atoms with Crippen molar-refractivity contribution in [3.05, 3.63) is 65.5 Å². The van der Waals surface area contributed by atoms with Gasteiger partial charge in [-0.1, -0.05) is 30.3 Å². The highest BCUT2D eigenvalue weighted by Gasteiger charge is 2.31. The third-order valence-electron chi connectivity index (χ3n) is 3.86. The molecule has 4 nitrogen and oxygen atoms in total. The number of rotatable bonds is 5. The van der Waals surface area contributed by atoms with Crippen LogP contribution in [0.25, 0.3) is 0 Å². The SMILES string of the molecule is O=C1CC(C(O)CNCc2ccccc2)Oc2ccc(F)cc21. The number of benzene rings is 2. The highest BCUT2D eigenvalue weighted by atomic mass is 19.1. The molecule has 0 radical (unpaired) electrons. The number of hydrogen-bond acceptors (Lipinski definition) is 4. The van der Waals surface area contributed by atoms with Crippen LogP contribution in [0.5, 0.6) is 5.75 Å². The number of Topliss-reactive ketones (excluding diaryl/α,β-unsaturated/α-hetero) is 1. The maximum absolute atomic E-state index is 13.2. The average molecular weight is 315 g/mol. The minimum Gasteiger partial charge on any atom is -0.486 e. The molecule has 0 saturated heterocycles. The maximum Gasteiger partial charge on any atom is 0.170 e. The lowest BCUT2D eigenvalue weighted by Crippen LogP contribution is -2.42. The summed E-state index contributed by atoms with van der Waals surface area (Å²) in [7, 11) is 0. The van der Waals surface area contributed by atoms with Crippen molar-refractivity contribution in [3.63, 3.8) is 0 Å². The molecule has 120 valence electrons. The molecule has 23 heavy (non-hydrogen) atoms. The number of aliphatic hydroxyl groups is 1. The van der Waals surface area contributed by atoms with Crippen LogP contribution in [0.1, 0.15) is 22.3 Å². The Morgan fingerprint density at radius 2 is 2.04 bits per heavy atom. The quantitative estimate of drug-likeness (QED) is 0.889. The fourth-order valence-electron chi connectivity index (χ4n) is 2.63. The first kappa shape index (κ1) is 15.6. The summed E-state index contributed by atoms with van der Waals surface area (Å²) >= 11 is 0. The zero-order valence-electron chi connectivity index (χ0n) is 12.5. The molecule has 0 spiro atoms. The number of aliphatic hydroxyl groups excluding tert-OH is 1. The fourth-order valence-corrected chi connectivity index (χ4v) is 2.63. The smallest absolute Gasteiger partial charge is 0.170 e. The Morgan fingerprint density at radius 1 is 1.26 bits per heavy atom. The zero-order chi connectivity index (χ0) is 16.2. The Kier molecular flexibility index (Phi) is 4.69. The van der Waals surface area contributed by atoms with Gasteiger partial charge < -0.3 is 15.2 Å². The van der Waals surface area contributed by atoms with E-state index < -0.39 is 18.0 Å². The Hall–Kier alpha value is -2.24. The number of halogens is 1. The number of carbonyl (C=O) groups is 1. The molecule has 1 aliphatic heterocycles. The number of hydrogen-bond donors (Lipinski definition) is 2. The van der Waals surface area contributed by atoms with Gasteiger partial charge in [0.1, 0.15) is 23.8 Å². The van der Waals surface area contributed by atoms with Crippen molar-refractivity contribution >= 4 is 5.78 Å². The van der Waals surface area contributed by atoms with E-state index in [4.69, 9.17) is 4.74 Å². The first-order valence-corrected chi connectivity index (χ1v) is 7.55. The van der Waals surface area contributed by atoms with Crippen LogP contribution in [-0.2, 0) is 6.54 Å². The minimum atomic E-state index is -0.819. The molecule has 0 aliphatic carbocycles. The van der Waals surface area contributed by atoms with Crippen molar-refractivity contribution in [2.24, 2.45) is 0 Å². The molecule has 0 saturated carbocycles. The van der Waals surface area contributed by atoms with Gasteiger partial charge in [0, 0.05) is 13.1 Å². The predicted molar refractivity (Wildman–Crippen MR) is 83.9 cm³/mol.